The molecule has 152 valence electrons. The lowest BCUT2D eigenvalue weighted by Gasteiger charge is -2.36. The lowest BCUT2D eigenvalue weighted by atomic mass is 9.66. The van der Waals surface area contributed by atoms with E-state index >= 15 is 0 Å². The van der Waals surface area contributed by atoms with Gasteiger partial charge in [0.15, 0.2) is 11.4 Å². The molecule has 0 unspecified atom stereocenters. The molecule has 29 heavy (non-hydrogen) atoms. The van der Waals surface area contributed by atoms with Crippen LogP contribution in [0, 0.1) is 10.8 Å². The molecule has 2 bridgehead atoms. The number of aromatic nitrogens is 1. The molecule has 3 heterocycles. The Hall–Kier alpha value is -2.83. The molecule has 0 radical (unpaired) electrons. The van der Waals surface area contributed by atoms with Crippen LogP contribution in [0.15, 0.2) is 24.3 Å². The van der Waals surface area contributed by atoms with Gasteiger partial charge in [-0.25, -0.2) is 4.98 Å². The summed E-state index contributed by atoms with van der Waals surface area (Å²) in [5.74, 6) is 0.931. The van der Waals surface area contributed by atoms with Gasteiger partial charge in [0.1, 0.15) is 5.75 Å². The summed E-state index contributed by atoms with van der Waals surface area (Å²) in [5, 5.41) is 2.82. The third-order valence-electron chi connectivity index (χ3n) is 7.63. The molecule has 2 atom stereocenters. The largest absolute Gasteiger partial charge is 0.497 e. The van der Waals surface area contributed by atoms with E-state index in [0.717, 1.165) is 34.5 Å². The standard InChI is InChI=1S/C22H25N3O4/c1-20(2)21(3)8-9-22(20,29-19(21)27)18(26)24-25-10-7-14-11-13-5-6-15(28-4)12-16(13)23-17(14)25/h5-6,11-12H,7-10H2,1-4H3,(H,24,26)/t21-,22-/m1/s1. The molecule has 1 aromatic carbocycles. The number of carbonyl (C=O) groups is 2. The number of methoxy groups -OCH3 is 1. The fraction of sp³-hybridized carbons (Fsp3) is 0.500. The highest BCUT2D eigenvalue weighted by atomic mass is 16.6. The van der Waals surface area contributed by atoms with Crippen molar-refractivity contribution in [3.05, 3.63) is 29.8 Å². The van der Waals surface area contributed by atoms with Gasteiger partial charge < -0.3 is 9.47 Å². The van der Waals surface area contributed by atoms with Gasteiger partial charge in [-0.05, 0) is 49.9 Å². The number of rotatable bonds is 3. The minimum Gasteiger partial charge on any atom is -0.497 e. The molecule has 1 saturated carbocycles. The number of nitrogens with zero attached hydrogens (tertiary/aromatic N) is 2. The van der Waals surface area contributed by atoms with Crippen molar-refractivity contribution in [3.63, 3.8) is 0 Å². The Morgan fingerprint density at radius 3 is 2.69 bits per heavy atom. The normalized spacial score (nSPS) is 29.1. The molecule has 2 aliphatic heterocycles. The first-order valence-corrected chi connectivity index (χ1v) is 10.0. The second-order valence-electron chi connectivity index (χ2n) is 9.05. The smallest absolute Gasteiger partial charge is 0.313 e. The van der Waals surface area contributed by atoms with Crippen molar-refractivity contribution in [3.8, 4) is 5.75 Å². The van der Waals surface area contributed by atoms with Crippen molar-refractivity contribution in [1.29, 1.82) is 0 Å². The van der Waals surface area contributed by atoms with Crippen LogP contribution in [0.25, 0.3) is 10.9 Å². The zero-order valence-corrected chi connectivity index (χ0v) is 17.2. The van der Waals surface area contributed by atoms with Gasteiger partial charge in [0, 0.05) is 23.4 Å². The Morgan fingerprint density at radius 1 is 1.24 bits per heavy atom. The molecule has 1 aromatic heterocycles. The Morgan fingerprint density at radius 2 is 2.03 bits per heavy atom. The summed E-state index contributed by atoms with van der Waals surface area (Å²) in [6.07, 6.45) is 1.99. The number of amides is 1. The molecule has 1 aliphatic carbocycles. The number of esters is 1. The average Bonchev–Trinajstić information content (AvgIpc) is 3.22. The first-order chi connectivity index (χ1) is 13.7. The van der Waals surface area contributed by atoms with Crippen LogP contribution in [-0.4, -0.2) is 36.1 Å². The average molecular weight is 395 g/mol. The molecule has 7 nitrogen and oxygen atoms in total. The predicted molar refractivity (Wildman–Crippen MR) is 107 cm³/mol. The van der Waals surface area contributed by atoms with Crippen LogP contribution >= 0.6 is 0 Å². The first-order valence-electron chi connectivity index (χ1n) is 10.0. The summed E-state index contributed by atoms with van der Waals surface area (Å²) < 4.78 is 11.0. The van der Waals surface area contributed by atoms with Crippen LogP contribution in [0.2, 0.25) is 0 Å². The highest BCUT2D eigenvalue weighted by Crippen LogP contribution is 2.65. The van der Waals surface area contributed by atoms with E-state index in [1.54, 1.807) is 12.1 Å². The number of nitrogens with one attached hydrogen (secondary N) is 1. The van der Waals surface area contributed by atoms with E-state index in [-0.39, 0.29) is 11.9 Å². The minimum atomic E-state index is -1.14. The van der Waals surface area contributed by atoms with E-state index in [1.165, 1.54) is 0 Å². The third-order valence-corrected chi connectivity index (χ3v) is 7.63. The van der Waals surface area contributed by atoms with Gasteiger partial charge in [-0.2, -0.15) is 0 Å². The number of hydrogen-bond acceptors (Lipinski definition) is 6. The zero-order valence-electron chi connectivity index (χ0n) is 17.2. The van der Waals surface area contributed by atoms with Gasteiger partial charge in [-0.15, -0.1) is 0 Å². The number of hydrazine groups is 1. The minimum absolute atomic E-state index is 0.266. The van der Waals surface area contributed by atoms with Gasteiger partial charge in [-0.1, -0.05) is 13.8 Å². The van der Waals surface area contributed by atoms with Crippen LogP contribution in [0.3, 0.4) is 0 Å². The number of anilines is 1. The molecular weight excluding hydrogens is 370 g/mol. The lowest BCUT2D eigenvalue weighted by Crippen LogP contribution is -2.57. The Balaban J connectivity index is 1.47. The van der Waals surface area contributed by atoms with E-state index in [9.17, 15) is 9.59 Å². The van der Waals surface area contributed by atoms with Crippen molar-refractivity contribution >= 4 is 28.6 Å². The molecule has 1 N–H and O–H groups in total. The second kappa shape index (κ2) is 5.62. The number of carbonyl (C=O) groups excluding carboxylic acids is 2. The van der Waals surface area contributed by atoms with Gasteiger partial charge in [0.25, 0.3) is 5.91 Å². The summed E-state index contributed by atoms with van der Waals surface area (Å²) >= 11 is 0. The summed E-state index contributed by atoms with van der Waals surface area (Å²) in [6.45, 7) is 6.45. The Bertz CT molecular complexity index is 1070. The summed E-state index contributed by atoms with van der Waals surface area (Å²) in [4.78, 5) is 30.6. The first kappa shape index (κ1) is 18.2. The van der Waals surface area contributed by atoms with Crippen molar-refractivity contribution in [2.24, 2.45) is 10.8 Å². The molecule has 2 aromatic rings. The van der Waals surface area contributed by atoms with Crippen LogP contribution in [0.5, 0.6) is 5.75 Å². The number of ether oxygens (including phenoxy) is 2. The van der Waals surface area contributed by atoms with E-state index in [1.807, 2.05) is 39.0 Å². The van der Waals surface area contributed by atoms with Crippen molar-refractivity contribution in [2.45, 2.75) is 45.6 Å². The van der Waals surface area contributed by atoms with E-state index in [0.29, 0.717) is 19.4 Å². The molecule has 2 fully saturated rings. The van der Waals surface area contributed by atoms with Crippen LogP contribution < -0.4 is 15.2 Å². The Kier molecular flexibility index (Phi) is 3.53. The quantitative estimate of drug-likeness (QED) is 0.805. The van der Waals surface area contributed by atoms with Gasteiger partial charge in [0.2, 0.25) is 0 Å². The monoisotopic (exact) mass is 395 g/mol. The van der Waals surface area contributed by atoms with Crippen LogP contribution in [0.1, 0.15) is 39.2 Å². The van der Waals surface area contributed by atoms with E-state index < -0.39 is 16.4 Å². The van der Waals surface area contributed by atoms with Crippen molar-refractivity contribution in [2.75, 3.05) is 18.7 Å². The fourth-order valence-corrected chi connectivity index (χ4v) is 5.13. The van der Waals surface area contributed by atoms with Crippen LogP contribution in [0.4, 0.5) is 5.82 Å². The molecule has 1 amide bonds. The van der Waals surface area contributed by atoms with E-state index in [4.69, 9.17) is 14.5 Å². The molecule has 5 rings (SSSR count). The van der Waals surface area contributed by atoms with E-state index in [2.05, 4.69) is 11.5 Å². The summed E-state index contributed by atoms with van der Waals surface area (Å²) in [7, 11) is 1.63. The number of fused-ring (bicyclic) bond motifs is 4. The van der Waals surface area contributed by atoms with Crippen LogP contribution in [-0.2, 0) is 20.7 Å². The highest BCUT2D eigenvalue weighted by Gasteiger charge is 2.75. The van der Waals surface area contributed by atoms with Crippen molar-refractivity contribution < 1.29 is 19.1 Å². The maximum absolute atomic E-state index is 13.4. The molecule has 7 heteroatoms. The maximum Gasteiger partial charge on any atom is 0.313 e. The molecular formula is C22H25N3O4. The zero-order chi connectivity index (χ0) is 20.6. The van der Waals surface area contributed by atoms with Gasteiger partial charge in [-0.3, -0.25) is 20.0 Å². The number of pyridine rings is 1. The summed E-state index contributed by atoms with van der Waals surface area (Å²) in [6, 6.07) is 7.89. The second-order valence-corrected chi connectivity index (χ2v) is 9.05. The number of hydrogen-bond donors (Lipinski definition) is 1. The highest BCUT2D eigenvalue weighted by molar-refractivity contribution is 5.97. The molecule has 1 saturated heterocycles. The molecule has 3 aliphatic rings. The molecule has 0 spiro atoms. The SMILES string of the molecule is COc1ccc2cc3c(nc2c1)N(NC(=O)[C@@]12CC[C@](C)(C(=O)O1)C2(C)C)CC3. The lowest BCUT2D eigenvalue weighted by molar-refractivity contribution is -0.168. The van der Waals surface area contributed by atoms with Crippen molar-refractivity contribution in [1.82, 2.24) is 10.4 Å². The third kappa shape index (κ3) is 2.16. The predicted octanol–water partition coefficient (Wildman–Crippen LogP) is 2.76. The Labute approximate surface area is 169 Å². The maximum atomic E-state index is 13.4. The van der Waals surface area contributed by atoms with Gasteiger partial charge >= 0.3 is 5.97 Å². The topological polar surface area (TPSA) is 80.8 Å². The fourth-order valence-electron chi connectivity index (χ4n) is 5.13. The van der Waals surface area contributed by atoms with Gasteiger partial charge in [0.05, 0.1) is 18.0 Å². The summed E-state index contributed by atoms with van der Waals surface area (Å²) in [5.41, 5.74) is 2.56. The number of benzene rings is 1.